The number of nitrogens with zero attached hydrogens (tertiary/aromatic N) is 5. The van der Waals surface area contributed by atoms with E-state index in [-0.39, 0.29) is 5.69 Å². The van der Waals surface area contributed by atoms with E-state index in [0.717, 1.165) is 17.7 Å². The standard InChI is InChI=1S/C22H23F3N6O2S/c1-14(34-21-29-28-19(30(21)2)15-5-7-26-8-6-15)20(32)27-17-13-16(22(23,24)25)3-4-18(17)31-9-11-33-12-10-31/h3-8,13-14H,9-12H2,1-2H3,(H,27,32). The number of pyridine rings is 1. The highest BCUT2D eigenvalue weighted by atomic mass is 32.2. The van der Waals surface area contributed by atoms with E-state index in [4.69, 9.17) is 4.74 Å². The van der Waals surface area contributed by atoms with Gasteiger partial charge in [0.2, 0.25) is 5.91 Å². The number of hydrogen-bond acceptors (Lipinski definition) is 7. The normalized spacial score (nSPS) is 15.3. The zero-order valence-electron chi connectivity index (χ0n) is 18.5. The van der Waals surface area contributed by atoms with Crippen LogP contribution >= 0.6 is 11.8 Å². The van der Waals surface area contributed by atoms with E-state index in [1.807, 2.05) is 4.90 Å². The van der Waals surface area contributed by atoms with Crippen LogP contribution in [0, 0.1) is 0 Å². The van der Waals surface area contributed by atoms with Gasteiger partial charge < -0.3 is 19.5 Å². The predicted octanol–water partition coefficient (Wildman–Crippen LogP) is 3.85. The Hall–Kier alpha value is -3.12. The van der Waals surface area contributed by atoms with Crippen molar-refractivity contribution in [3.63, 3.8) is 0 Å². The summed E-state index contributed by atoms with van der Waals surface area (Å²) in [6.07, 6.45) is -1.23. The van der Waals surface area contributed by atoms with Gasteiger partial charge >= 0.3 is 6.18 Å². The van der Waals surface area contributed by atoms with Gasteiger partial charge in [-0.1, -0.05) is 11.8 Å². The third kappa shape index (κ3) is 5.33. The number of alkyl halides is 3. The molecule has 1 unspecified atom stereocenters. The zero-order valence-corrected chi connectivity index (χ0v) is 19.4. The SMILES string of the molecule is CC(Sc1nnc(-c2ccncc2)n1C)C(=O)Nc1cc(C(F)(F)F)ccc1N1CCOCC1. The Kier molecular flexibility index (Phi) is 7.08. The van der Waals surface area contributed by atoms with Crippen molar-refractivity contribution in [3.8, 4) is 11.4 Å². The molecule has 0 aliphatic carbocycles. The number of carbonyl (C=O) groups excluding carboxylic acids is 1. The molecule has 1 aliphatic heterocycles. The van der Waals surface area contributed by atoms with Crippen molar-refractivity contribution >= 4 is 29.0 Å². The molecule has 2 aromatic heterocycles. The Labute approximate surface area is 198 Å². The number of nitrogens with one attached hydrogen (secondary N) is 1. The number of aromatic nitrogens is 4. The minimum atomic E-state index is -4.52. The Bertz CT molecular complexity index is 1150. The Balaban J connectivity index is 1.53. The topological polar surface area (TPSA) is 85.2 Å². The first-order valence-corrected chi connectivity index (χ1v) is 11.4. The second-order valence-corrected chi connectivity index (χ2v) is 8.99. The van der Waals surface area contributed by atoms with Crippen molar-refractivity contribution in [2.24, 2.45) is 7.05 Å². The number of thioether (sulfide) groups is 1. The molecular formula is C22H23F3N6O2S. The van der Waals surface area contributed by atoms with Gasteiger partial charge in [-0.05, 0) is 37.3 Å². The number of halogens is 3. The molecule has 1 aromatic carbocycles. The Morgan fingerprint density at radius 2 is 1.85 bits per heavy atom. The Morgan fingerprint density at radius 3 is 2.53 bits per heavy atom. The van der Waals surface area contributed by atoms with Gasteiger partial charge in [-0.15, -0.1) is 10.2 Å². The number of anilines is 2. The van der Waals surface area contributed by atoms with E-state index in [9.17, 15) is 18.0 Å². The number of benzene rings is 1. The number of ether oxygens (including phenoxy) is 1. The Morgan fingerprint density at radius 1 is 1.15 bits per heavy atom. The molecule has 3 aromatic rings. The van der Waals surface area contributed by atoms with Crippen molar-refractivity contribution in [3.05, 3.63) is 48.3 Å². The molecule has 1 aliphatic rings. The molecule has 1 N–H and O–H groups in total. The molecule has 4 rings (SSSR count). The van der Waals surface area contributed by atoms with E-state index in [1.54, 1.807) is 43.1 Å². The highest BCUT2D eigenvalue weighted by Gasteiger charge is 2.32. The van der Waals surface area contributed by atoms with E-state index < -0.39 is 22.9 Å². The van der Waals surface area contributed by atoms with E-state index in [0.29, 0.717) is 43.0 Å². The van der Waals surface area contributed by atoms with Crippen LogP contribution in [0.4, 0.5) is 24.5 Å². The van der Waals surface area contributed by atoms with Gasteiger partial charge in [-0.3, -0.25) is 9.78 Å². The summed E-state index contributed by atoms with van der Waals surface area (Å²) >= 11 is 1.17. The number of morpholine rings is 1. The lowest BCUT2D eigenvalue weighted by molar-refractivity contribution is -0.137. The van der Waals surface area contributed by atoms with Crippen LogP contribution in [-0.2, 0) is 22.8 Å². The van der Waals surface area contributed by atoms with E-state index >= 15 is 0 Å². The maximum atomic E-state index is 13.3. The minimum absolute atomic E-state index is 0.115. The molecule has 3 heterocycles. The van der Waals surface area contributed by atoms with Crippen LogP contribution in [0.1, 0.15) is 12.5 Å². The molecule has 0 bridgehead atoms. The summed E-state index contributed by atoms with van der Waals surface area (Å²) in [5.41, 5.74) is 0.647. The second-order valence-electron chi connectivity index (χ2n) is 7.68. The second kappa shape index (κ2) is 10.0. The van der Waals surface area contributed by atoms with Gasteiger partial charge in [0, 0.05) is 38.1 Å². The first-order chi connectivity index (χ1) is 16.2. The average molecular weight is 493 g/mol. The summed E-state index contributed by atoms with van der Waals surface area (Å²) in [5, 5.41) is 10.9. The largest absolute Gasteiger partial charge is 0.416 e. The van der Waals surface area contributed by atoms with Crippen molar-refractivity contribution in [1.29, 1.82) is 0 Å². The van der Waals surface area contributed by atoms with Gasteiger partial charge in [0.25, 0.3) is 0 Å². The van der Waals surface area contributed by atoms with Crippen LogP contribution in [0.25, 0.3) is 11.4 Å². The molecule has 1 atom stereocenters. The molecule has 0 radical (unpaired) electrons. The maximum absolute atomic E-state index is 13.3. The summed E-state index contributed by atoms with van der Waals surface area (Å²) in [4.78, 5) is 18.9. The third-order valence-corrected chi connectivity index (χ3v) is 6.49. The van der Waals surface area contributed by atoms with Gasteiger partial charge in [0.15, 0.2) is 11.0 Å². The predicted molar refractivity (Wildman–Crippen MR) is 123 cm³/mol. The van der Waals surface area contributed by atoms with Crippen LogP contribution < -0.4 is 10.2 Å². The van der Waals surface area contributed by atoms with Gasteiger partial charge in [0.05, 0.1) is 35.4 Å². The molecule has 1 saturated heterocycles. The number of amides is 1. The van der Waals surface area contributed by atoms with Crippen LogP contribution in [0.15, 0.2) is 47.9 Å². The van der Waals surface area contributed by atoms with Crippen LogP contribution in [0.2, 0.25) is 0 Å². The van der Waals surface area contributed by atoms with Gasteiger partial charge in [-0.2, -0.15) is 13.2 Å². The smallest absolute Gasteiger partial charge is 0.378 e. The quantitative estimate of drug-likeness (QED) is 0.523. The lowest BCUT2D eigenvalue weighted by atomic mass is 10.1. The van der Waals surface area contributed by atoms with Crippen molar-refractivity contribution in [1.82, 2.24) is 19.7 Å². The molecule has 12 heteroatoms. The molecule has 34 heavy (non-hydrogen) atoms. The van der Waals surface area contributed by atoms with Gasteiger partial charge in [-0.25, -0.2) is 0 Å². The summed E-state index contributed by atoms with van der Waals surface area (Å²) in [5.74, 6) is 0.178. The van der Waals surface area contributed by atoms with Crippen LogP contribution in [0.3, 0.4) is 0 Å². The monoisotopic (exact) mass is 492 g/mol. The molecular weight excluding hydrogens is 469 g/mol. The minimum Gasteiger partial charge on any atom is -0.378 e. The van der Waals surface area contributed by atoms with Crippen LogP contribution in [0.5, 0.6) is 0 Å². The van der Waals surface area contributed by atoms with E-state index in [1.165, 1.54) is 17.8 Å². The molecule has 1 fully saturated rings. The highest BCUT2D eigenvalue weighted by Crippen LogP contribution is 2.36. The fourth-order valence-corrected chi connectivity index (χ4v) is 4.32. The number of carbonyl (C=O) groups is 1. The molecule has 1 amide bonds. The first kappa shape index (κ1) is 24.0. The first-order valence-electron chi connectivity index (χ1n) is 10.6. The lowest BCUT2D eigenvalue weighted by Gasteiger charge is -2.31. The van der Waals surface area contributed by atoms with Crippen molar-refractivity contribution in [2.75, 3.05) is 36.5 Å². The summed E-state index contributed by atoms with van der Waals surface area (Å²) in [7, 11) is 1.78. The molecule has 8 nitrogen and oxygen atoms in total. The highest BCUT2D eigenvalue weighted by molar-refractivity contribution is 8.00. The van der Waals surface area contributed by atoms with Crippen molar-refractivity contribution < 1.29 is 22.7 Å². The fourth-order valence-electron chi connectivity index (χ4n) is 3.51. The third-order valence-electron chi connectivity index (χ3n) is 5.36. The molecule has 180 valence electrons. The van der Waals surface area contributed by atoms with Crippen molar-refractivity contribution in [2.45, 2.75) is 23.5 Å². The summed E-state index contributed by atoms with van der Waals surface area (Å²) < 4.78 is 47.1. The molecule has 0 spiro atoms. The lowest BCUT2D eigenvalue weighted by Crippen LogP contribution is -2.37. The summed E-state index contributed by atoms with van der Waals surface area (Å²) in [6, 6.07) is 7.00. The maximum Gasteiger partial charge on any atom is 0.416 e. The van der Waals surface area contributed by atoms with E-state index in [2.05, 4.69) is 20.5 Å². The number of rotatable bonds is 6. The average Bonchev–Trinajstić information content (AvgIpc) is 3.19. The number of hydrogen-bond donors (Lipinski definition) is 1. The fraction of sp³-hybridized carbons (Fsp3) is 0.364. The van der Waals surface area contributed by atoms with Gasteiger partial charge in [0.1, 0.15) is 0 Å². The molecule has 0 saturated carbocycles. The van der Waals surface area contributed by atoms with Crippen LogP contribution in [-0.4, -0.2) is 57.2 Å². The summed E-state index contributed by atoms with van der Waals surface area (Å²) in [6.45, 7) is 3.65. The zero-order chi connectivity index (χ0) is 24.3.